The van der Waals surface area contributed by atoms with Gasteiger partial charge >= 0.3 is 0 Å². The molecule has 0 aliphatic heterocycles. The second kappa shape index (κ2) is 6.39. The van der Waals surface area contributed by atoms with E-state index >= 15 is 0 Å². The number of rotatable bonds is 5. The topological polar surface area (TPSA) is 76.2 Å². The second-order valence-electron chi connectivity index (χ2n) is 4.96. The highest BCUT2D eigenvalue weighted by atomic mass is 16.5. The minimum Gasteiger partial charge on any atom is -0.490 e. The van der Waals surface area contributed by atoms with Crippen LogP contribution in [0, 0.1) is 0 Å². The third-order valence-corrected chi connectivity index (χ3v) is 3.18. The van der Waals surface area contributed by atoms with Gasteiger partial charge in [-0.15, -0.1) is 0 Å². The van der Waals surface area contributed by atoms with E-state index in [1.54, 1.807) is 18.3 Å². The molecule has 2 N–H and O–H groups in total. The van der Waals surface area contributed by atoms with Gasteiger partial charge in [-0.25, -0.2) is 4.98 Å². The zero-order chi connectivity index (χ0) is 16.2. The molecule has 0 atom stereocenters. The Labute approximate surface area is 133 Å². The first kappa shape index (κ1) is 14.9. The summed E-state index contributed by atoms with van der Waals surface area (Å²) in [5.41, 5.74) is 0.981. The highest BCUT2D eigenvalue weighted by molar-refractivity contribution is 5.87. The monoisotopic (exact) mass is 311 g/mol. The normalized spacial score (nSPS) is 10.5. The van der Waals surface area contributed by atoms with Crippen molar-refractivity contribution in [2.24, 2.45) is 0 Å². The molecule has 0 bridgehead atoms. The van der Waals surface area contributed by atoms with Gasteiger partial charge in [-0.2, -0.15) is 0 Å². The number of carbonyl (C=O) groups excluding carboxylic acids is 1. The van der Waals surface area contributed by atoms with Crippen LogP contribution in [0.3, 0.4) is 0 Å². The Balaban J connectivity index is 1.93. The maximum Gasteiger partial charge on any atom is 0.222 e. The number of fused-ring (bicyclic) bond motifs is 1. The molecule has 118 valence electrons. The summed E-state index contributed by atoms with van der Waals surface area (Å²) in [6.07, 6.45) is 3.45. The van der Waals surface area contributed by atoms with Gasteiger partial charge in [0.05, 0.1) is 6.61 Å². The number of hydrogen-bond donors (Lipinski definition) is 2. The smallest absolute Gasteiger partial charge is 0.222 e. The standard InChI is InChI=1S/C17H17N3O3/c1-3-22-15-10-14-12(4-6-18-14)8-16(15)23-13-5-7-19-17(9-13)20-11(2)21/h4-10,18H,3H2,1-2H3,(H,19,20,21). The average molecular weight is 311 g/mol. The van der Waals surface area contributed by atoms with Crippen LogP contribution in [0.15, 0.2) is 42.7 Å². The Morgan fingerprint density at radius 3 is 2.91 bits per heavy atom. The van der Waals surface area contributed by atoms with Gasteiger partial charge in [0.1, 0.15) is 11.6 Å². The van der Waals surface area contributed by atoms with E-state index in [0.717, 1.165) is 10.9 Å². The number of ether oxygens (including phenoxy) is 2. The Bertz CT molecular complexity index is 842. The predicted molar refractivity (Wildman–Crippen MR) is 88.1 cm³/mol. The maximum atomic E-state index is 11.1. The number of nitrogens with one attached hydrogen (secondary N) is 2. The van der Waals surface area contributed by atoms with Gasteiger partial charge in [-0.3, -0.25) is 4.79 Å². The molecule has 0 aliphatic rings. The molecule has 0 spiro atoms. The van der Waals surface area contributed by atoms with Crippen molar-refractivity contribution in [1.82, 2.24) is 9.97 Å². The quantitative estimate of drug-likeness (QED) is 0.753. The van der Waals surface area contributed by atoms with Crippen molar-refractivity contribution in [2.45, 2.75) is 13.8 Å². The molecule has 1 amide bonds. The van der Waals surface area contributed by atoms with Crippen molar-refractivity contribution in [3.05, 3.63) is 42.7 Å². The van der Waals surface area contributed by atoms with Crippen LogP contribution in [-0.4, -0.2) is 22.5 Å². The summed E-state index contributed by atoms with van der Waals surface area (Å²) >= 11 is 0. The van der Waals surface area contributed by atoms with E-state index in [2.05, 4.69) is 15.3 Å². The fourth-order valence-electron chi connectivity index (χ4n) is 2.26. The van der Waals surface area contributed by atoms with E-state index in [-0.39, 0.29) is 5.91 Å². The molecule has 2 heterocycles. The summed E-state index contributed by atoms with van der Waals surface area (Å²) in [5, 5.41) is 3.66. The minimum absolute atomic E-state index is 0.182. The highest BCUT2D eigenvalue weighted by Crippen LogP contribution is 2.35. The molecule has 3 aromatic rings. The maximum absolute atomic E-state index is 11.1. The van der Waals surface area contributed by atoms with E-state index in [1.807, 2.05) is 31.3 Å². The van der Waals surface area contributed by atoms with Crippen LogP contribution in [0.25, 0.3) is 10.9 Å². The minimum atomic E-state index is -0.182. The first-order chi connectivity index (χ1) is 11.2. The molecular weight excluding hydrogens is 294 g/mol. The van der Waals surface area contributed by atoms with E-state index in [4.69, 9.17) is 9.47 Å². The summed E-state index contributed by atoms with van der Waals surface area (Å²) < 4.78 is 11.6. The van der Waals surface area contributed by atoms with Crippen LogP contribution >= 0.6 is 0 Å². The molecule has 0 aliphatic carbocycles. The first-order valence-corrected chi connectivity index (χ1v) is 7.31. The van der Waals surface area contributed by atoms with Gasteiger partial charge in [0.2, 0.25) is 5.91 Å². The second-order valence-corrected chi connectivity index (χ2v) is 4.96. The molecule has 23 heavy (non-hydrogen) atoms. The molecule has 1 aromatic carbocycles. The molecule has 6 heteroatoms. The van der Waals surface area contributed by atoms with Gasteiger partial charge in [-0.05, 0) is 25.1 Å². The number of pyridine rings is 1. The highest BCUT2D eigenvalue weighted by Gasteiger charge is 2.10. The van der Waals surface area contributed by atoms with Crippen LogP contribution in [-0.2, 0) is 4.79 Å². The zero-order valence-electron chi connectivity index (χ0n) is 12.9. The Kier molecular flexibility index (Phi) is 4.14. The molecule has 0 unspecified atom stereocenters. The predicted octanol–water partition coefficient (Wildman–Crippen LogP) is 3.71. The van der Waals surface area contributed by atoms with Crippen LogP contribution in [0.5, 0.6) is 17.2 Å². The number of benzene rings is 1. The first-order valence-electron chi connectivity index (χ1n) is 7.31. The summed E-state index contributed by atoms with van der Waals surface area (Å²) in [4.78, 5) is 18.3. The van der Waals surface area contributed by atoms with Gasteiger partial charge in [-0.1, -0.05) is 0 Å². The third kappa shape index (κ3) is 3.42. The number of amides is 1. The van der Waals surface area contributed by atoms with Crippen molar-refractivity contribution in [3.63, 3.8) is 0 Å². The number of carbonyl (C=O) groups is 1. The SMILES string of the molecule is CCOc1cc2[nH]ccc2cc1Oc1ccnc(NC(C)=O)c1. The van der Waals surface area contributed by atoms with E-state index < -0.39 is 0 Å². The van der Waals surface area contributed by atoms with Gasteiger partial charge in [0.25, 0.3) is 0 Å². The summed E-state index contributed by atoms with van der Waals surface area (Å²) in [6.45, 7) is 3.89. The summed E-state index contributed by atoms with van der Waals surface area (Å²) in [6, 6.07) is 9.17. The van der Waals surface area contributed by atoms with Gasteiger partial charge in [0.15, 0.2) is 11.5 Å². The molecular formula is C17H17N3O3. The molecule has 0 radical (unpaired) electrons. The number of aromatic amines is 1. The van der Waals surface area contributed by atoms with E-state index in [0.29, 0.717) is 29.7 Å². The Hall–Kier alpha value is -3.02. The largest absolute Gasteiger partial charge is 0.490 e. The van der Waals surface area contributed by atoms with E-state index in [9.17, 15) is 4.79 Å². The van der Waals surface area contributed by atoms with Gasteiger partial charge in [0, 0.05) is 42.4 Å². The molecule has 0 fully saturated rings. The van der Waals surface area contributed by atoms with Crippen LogP contribution in [0.4, 0.5) is 5.82 Å². The lowest BCUT2D eigenvalue weighted by Gasteiger charge is -2.12. The lowest BCUT2D eigenvalue weighted by Crippen LogP contribution is -2.07. The van der Waals surface area contributed by atoms with Crippen LogP contribution in [0.2, 0.25) is 0 Å². The number of H-pyrrole nitrogens is 1. The summed E-state index contributed by atoms with van der Waals surface area (Å²) in [7, 11) is 0. The van der Waals surface area contributed by atoms with Crippen LogP contribution < -0.4 is 14.8 Å². The molecule has 0 saturated heterocycles. The lowest BCUT2D eigenvalue weighted by molar-refractivity contribution is -0.114. The number of hydrogen-bond acceptors (Lipinski definition) is 4. The fourth-order valence-corrected chi connectivity index (χ4v) is 2.26. The Morgan fingerprint density at radius 2 is 2.13 bits per heavy atom. The van der Waals surface area contributed by atoms with Crippen molar-refractivity contribution in [3.8, 4) is 17.2 Å². The van der Waals surface area contributed by atoms with Crippen molar-refractivity contribution >= 4 is 22.6 Å². The van der Waals surface area contributed by atoms with Crippen molar-refractivity contribution in [1.29, 1.82) is 0 Å². The number of anilines is 1. The van der Waals surface area contributed by atoms with E-state index in [1.165, 1.54) is 6.92 Å². The fraction of sp³-hybridized carbons (Fsp3) is 0.176. The Morgan fingerprint density at radius 1 is 1.26 bits per heavy atom. The van der Waals surface area contributed by atoms with Crippen LogP contribution in [0.1, 0.15) is 13.8 Å². The number of aromatic nitrogens is 2. The lowest BCUT2D eigenvalue weighted by atomic mass is 10.2. The van der Waals surface area contributed by atoms with Gasteiger partial charge < -0.3 is 19.8 Å². The summed E-state index contributed by atoms with van der Waals surface area (Å²) in [5.74, 6) is 2.09. The molecule has 6 nitrogen and oxygen atoms in total. The molecule has 0 saturated carbocycles. The molecule has 2 aromatic heterocycles. The van der Waals surface area contributed by atoms with Crippen molar-refractivity contribution in [2.75, 3.05) is 11.9 Å². The number of nitrogens with zero attached hydrogens (tertiary/aromatic N) is 1. The third-order valence-electron chi connectivity index (χ3n) is 3.18. The zero-order valence-corrected chi connectivity index (χ0v) is 12.9. The van der Waals surface area contributed by atoms with Crippen molar-refractivity contribution < 1.29 is 14.3 Å². The molecule has 3 rings (SSSR count). The average Bonchev–Trinajstić information content (AvgIpc) is 2.94.